The number of amides is 1. The molecule has 24 heavy (non-hydrogen) atoms. The number of carbonyl (C=O) groups is 1. The van der Waals surface area contributed by atoms with Crippen LogP contribution in [0.1, 0.15) is 50.7 Å². The Balaban J connectivity index is 1.25. The third-order valence-corrected chi connectivity index (χ3v) is 6.54. The van der Waals surface area contributed by atoms with Crippen LogP contribution < -0.4 is 0 Å². The molecule has 0 aromatic heterocycles. The zero-order valence-electron chi connectivity index (χ0n) is 14.9. The van der Waals surface area contributed by atoms with E-state index in [0.717, 1.165) is 25.4 Å². The van der Waals surface area contributed by atoms with Crippen molar-refractivity contribution in [3.05, 3.63) is 35.4 Å². The van der Waals surface area contributed by atoms with E-state index in [2.05, 4.69) is 31.2 Å². The summed E-state index contributed by atoms with van der Waals surface area (Å²) in [6, 6.07) is 8.82. The van der Waals surface area contributed by atoms with Gasteiger partial charge in [0.05, 0.1) is 5.60 Å². The van der Waals surface area contributed by atoms with Crippen LogP contribution in [-0.4, -0.2) is 34.6 Å². The van der Waals surface area contributed by atoms with E-state index in [1.165, 1.54) is 30.4 Å². The number of carbonyl (C=O) groups excluding carboxylic acids is 1. The Morgan fingerprint density at radius 2 is 1.79 bits per heavy atom. The number of benzene rings is 1. The highest BCUT2D eigenvalue weighted by atomic mass is 16.3. The molecule has 130 valence electrons. The molecular formula is C21H29NO2. The Labute approximate surface area is 145 Å². The topological polar surface area (TPSA) is 40.5 Å². The van der Waals surface area contributed by atoms with E-state index >= 15 is 0 Å². The van der Waals surface area contributed by atoms with Crippen LogP contribution in [0.25, 0.3) is 0 Å². The predicted molar refractivity (Wildman–Crippen MR) is 94.6 cm³/mol. The van der Waals surface area contributed by atoms with Crippen LogP contribution in [0.2, 0.25) is 0 Å². The zero-order chi connectivity index (χ0) is 16.9. The fourth-order valence-corrected chi connectivity index (χ4v) is 5.33. The first-order chi connectivity index (χ1) is 11.4. The molecule has 1 aliphatic heterocycles. The van der Waals surface area contributed by atoms with Gasteiger partial charge in [-0.1, -0.05) is 31.2 Å². The molecule has 1 amide bonds. The molecule has 1 aromatic rings. The Morgan fingerprint density at radius 1 is 1.17 bits per heavy atom. The molecule has 3 heteroatoms. The first-order valence-corrected chi connectivity index (χ1v) is 9.48. The zero-order valence-corrected chi connectivity index (χ0v) is 14.9. The van der Waals surface area contributed by atoms with Crippen LogP contribution >= 0.6 is 0 Å². The fraction of sp³-hybridized carbons (Fsp3) is 0.667. The maximum atomic E-state index is 12.4. The maximum Gasteiger partial charge on any atom is 0.225 e. The van der Waals surface area contributed by atoms with E-state index in [9.17, 15) is 9.90 Å². The molecule has 0 radical (unpaired) electrons. The number of likely N-dealkylation sites (tertiary alicyclic amines) is 1. The number of rotatable bonds is 4. The van der Waals surface area contributed by atoms with Crippen LogP contribution in [-0.2, 0) is 17.6 Å². The van der Waals surface area contributed by atoms with Gasteiger partial charge in [-0.15, -0.1) is 0 Å². The molecule has 1 saturated heterocycles. The van der Waals surface area contributed by atoms with Crippen LogP contribution in [0.15, 0.2) is 24.3 Å². The van der Waals surface area contributed by atoms with Gasteiger partial charge < -0.3 is 10.0 Å². The Bertz CT molecular complexity index is 629. The smallest absolute Gasteiger partial charge is 0.225 e. The van der Waals surface area contributed by atoms with Gasteiger partial charge in [-0.2, -0.15) is 0 Å². The number of hydrogen-bond acceptors (Lipinski definition) is 2. The fourth-order valence-electron chi connectivity index (χ4n) is 5.33. The van der Waals surface area contributed by atoms with E-state index in [-0.39, 0.29) is 11.8 Å². The summed E-state index contributed by atoms with van der Waals surface area (Å²) in [6.07, 6.45) is 6.15. The van der Waals surface area contributed by atoms with Crippen LogP contribution in [0.3, 0.4) is 0 Å². The normalized spacial score (nSPS) is 31.3. The molecule has 2 saturated carbocycles. The van der Waals surface area contributed by atoms with Crippen molar-refractivity contribution in [3.8, 4) is 0 Å². The minimum atomic E-state index is -0.600. The summed E-state index contributed by atoms with van der Waals surface area (Å²) in [4.78, 5) is 14.4. The minimum absolute atomic E-state index is 0.0738. The lowest BCUT2D eigenvalue weighted by atomic mass is 9.56. The summed E-state index contributed by atoms with van der Waals surface area (Å²) in [7, 11) is 0. The van der Waals surface area contributed by atoms with Gasteiger partial charge in [0.15, 0.2) is 0 Å². The second-order valence-electron chi connectivity index (χ2n) is 8.90. The molecule has 1 aromatic carbocycles. The standard InChI is InChI=1S/C21H29NO2/c1-3-16-6-4-5-7-17(16)8-15-9-21(10-15)13-22(14-21)19(23)18-11-20(2,24)12-18/h4-7,15,18,24H,3,8-14H2,1-2H3/t18-,20+. The van der Waals surface area contributed by atoms with Crippen LogP contribution in [0, 0.1) is 17.3 Å². The average Bonchev–Trinajstić information content (AvgIpc) is 2.45. The molecule has 4 rings (SSSR count). The number of nitrogens with zero attached hydrogens (tertiary/aromatic N) is 1. The molecule has 3 nitrogen and oxygen atoms in total. The average molecular weight is 327 g/mol. The van der Waals surface area contributed by atoms with E-state index in [4.69, 9.17) is 0 Å². The summed E-state index contributed by atoms with van der Waals surface area (Å²) >= 11 is 0. The molecule has 0 bridgehead atoms. The first-order valence-electron chi connectivity index (χ1n) is 9.48. The number of aliphatic hydroxyl groups is 1. The highest BCUT2D eigenvalue weighted by Gasteiger charge is 2.55. The molecule has 2 aliphatic carbocycles. The summed E-state index contributed by atoms with van der Waals surface area (Å²) in [5.74, 6) is 1.15. The van der Waals surface area contributed by atoms with Gasteiger partial charge in [-0.05, 0) is 62.5 Å². The van der Waals surface area contributed by atoms with Crippen molar-refractivity contribution in [2.75, 3.05) is 13.1 Å². The largest absolute Gasteiger partial charge is 0.390 e. The summed E-state index contributed by atoms with van der Waals surface area (Å²) in [5, 5.41) is 9.81. The lowest BCUT2D eigenvalue weighted by Gasteiger charge is -2.60. The SMILES string of the molecule is CCc1ccccc1CC1CC2(C1)CN(C(=O)[C@H]1C[C@@](C)(O)C1)C2. The van der Waals surface area contributed by atoms with Gasteiger partial charge in [-0.3, -0.25) is 4.79 Å². The van der Waals surface area contributed by atoms with Crippen LogP contribution in [0.4, 0.5) is 0 Å². The quantitative estimate of drug-likeness (QED) is 0.922. The van der Waals surface area contributed by atoms with Crippen molar-refractivity contribution in [1.82, 2.24) is 4.90 Å². The highest BCUT2D eigenvalue weighted by Crippen LogP contribution is 2.54. The highest BCUT2D eigenvalue weighted by molar-refractivity contribution is 5.81. The Hall–Kier alpha value is -1.35. The van der Waals surface area contributed by atoms with Crippen molar-refractivity contribution in [2.45, 2.75) is 58.0 Å². The molecule has 3 aliphatic rings. The molecule has 1 N–H and O–H groups in total. The molecule has 3 fully saturated rings. The van der Waals surface area contributed by atoms with Gasteiger partial charge in [0.2, 0.25) is 5.91 Å². The maximum absolute atomic E-state index is 12.4. The van der Waals surface area contributed by atoms with Gasteiger partial charge in [0.1, 0.15) is 0 Å². The predicted octanol–water partition coefficient (Wildman–Crippen LogP) is 3.19. The second kappa shape index (κ2) is 5.59. The minimum Gasteiger partial charge on any atom is -0.390 e. The van der Waals surface area contributed by atoms with E-state index < -0.39 is 5.60 Å². The van der Waals surface area contributed by atoms with Crippen LogP contribution in [0.5, 0.6) is 0 Å². The van der Waals surface area contributed by atoms with Gasteiger partial charge in [-0.25, -0.2) is 0 Å². The van der Waals surface area contributed by atoms with Crippen molar-refractivity contribution in [2.24, 2.45) is 17.3 Å². The van der Waals surface area contributed by atoms with Crippen molar-refractivity contribution in [3.63, 3.8) is 0 Å². The van der Waals surface area contributed by atoms with Gasteiger partial charge in [0, 0.05) is 24.4 Å². The van der Waals surface area contributed by atoms with E-state index in [0.29, 0.717) is 18.3 Å². The van der Waals surface area contributed by atoms with Gasteiger partial charge in [0.25, 0.3) is 0 Å². The Morgan fingerprint density at radius 3 is 2.38 bits per heavy atom. The molecular weight excluding hydrogens is 298 g/mol. The summed E-state index contributed by atoms with van der Waals surface area (Å²) < 4.78 is 0. The van der Waals surface area contributed by atoms with E-state index in [1.54, 1.807) is 0 Å². The summed E-state index contributed by atoms with van der Waals surface area (Å²) in [5.41, 5.74) is 2.83. The van der Waals surface area contributed by atoms with Crippen molar-refractivity contribution < 1.29 is 9.90 Å². The first kappa shape index (κ1) is 16.1. The van der Waals surface area contributed by atoms with E-state index in [1.807, 2.05) is 11.8 Å². The van der Waals surface area contributed by atoms with Crippen molar-refractivity contribution >= 4 is 5.91 Å². The third kappa shape index (κ3) is 2.77. The lowest BCUT2D eigenvalue weighted by molar-refractivity contribution is -0.171. The molecule has 1 heterocycles. The number of aryl methyl sites for hydroxylation is 1. The Kier molecular flexibility index (Phi) is 3.76. The molecule has 1 spiro atoms. The second-order valence-corrected chi connectivity index (χ2v) is 8.90. The monoisotopic (exact) mass is 327 g/mol. The molecule has 0 unspecified atom stereocenters. The summed E-state index contributed by atoms with van der Waals surface area (Å²) in [6.45, 7) is 5.97. The third-order valence-electron chi connectivity index (χ3n) is 6.54. The lowest BCUT2D eigenvalue weighted by Crippen LogP contribution is -2.66. The van der Waals surface area contributed by atoms with Crippen molar-refractivity contribution in [1.29, 1.82) is 0 Å². The molecule has 0 atom stereocenters. The number of hydrogen-bond donors (Lipinski definition) is 1. The van der Waals surface area contributed by atoms with Gasteiger partial charge >= 0.3 is 0 Å².